The molecule has 0 aliphatic rings. The molecule has 2 heteroatoms. The highest BCUT2D eigenvalue weighted by atomic mass is 14.7. The predicted molar refractivity (Wildman–Crippen MR) is 51.1 cm³/mol. The first-order valence-electron chi connectivity index (χ1n) is 4.36. The van der Waals surface area contributed by atoms with Crippen LogP contribution in [0.3, 0.4) is 0 Å². The zero-order chi connectivity index (χ0) is 8.97. The van der Waals surface area contributed by atoms with Crippen molar-refractivity contribution in [3.63, 3.8) is 0 Å². The Morgan fingerprint density at radius 2 is 2.17 bits per heavy atom. The number of nitrogens with two attached hydrogens (primary N) is 1. The van der Waals surface area contributed by atoms with Crippen LogP contribution in [0.4, 0.5) is 0 Å². The lowest BCUT2D eigenvalue weighted by Gasteiger charge is -2.03. The summed E-state index contributed by atoms with van der Waals surface area (Å²) in [4.78, 5) is 4.36. The summed E-state index contributed by atoms with van der Waals surface area (Å²) in [6, 6.07) is 2.17. The Hall–Kier alpha value is -0.890. The number of rotatable bonds is 3. The molecule has 0 fully saturated rings. The largest absolute Gasteiger partial charge is 0.330 e. The number of hydrogen-bond acceptors (Lipinski definition) is 2. The number of nitrogens with zero attached hydrogens (tertiary/aromatic N) is 1. The standard InChI is InChI=1S/C10H16N2/c1-8-6-9(2)10(12-7-8)4-3-5-11/h6-7H,3-5,11H2,1-2H3. The third-order valence-corrected chi connectivity index (χ3v) is 1.94. The van der Waals surface area contributed by atoms with Gasteiger partial charge >= 0.3 is 0 Å². The fourth-order valence-corrected chi connectivity index (χ4v) is 1.27. The highest BCUT2D eigenvalue weighted by Gasteiger charge is 1.98. The van der Waals surface area contributed by atoms with E-state index in [4.69, 9.17) is 5.73 Å². The van der Waals surface area contributed by atoms with E-state index in [9.17, 15) is 0 Å². The van der Waals surface area contributed by atoms with E-state index in [1.165, 1.54) is 16.8 Å². The quantitative estimate of drug-likeness (QED) is 0.736. The molecule has 2 N–H and O–H groups in total. The Labute approximate surface area is 73.8 Å². The number of pyridine rings is 1. The minimum Gasteiger partial charge on any atom is -0.330 e. The third-order valence-electron chi connectivity index (χ3n) is 1.94. The second-order valence-corrected chi connectivity index (χ2v) is 3.17. The molecule has 2 nitrogen and oxygen atoms in total. The summed E-state index contributed by atoms with van der Waals surface area (Å²) in [5, 5.41) is 0. The van der Waals surface area contributed by atoms with E-state index < -0.39 is 0 Å². The van der Waals surface area contributed by atoms with Gasteiger partial charge in [0.25, 0.3) is 0 Å². The molecular formula is C10H16N2. The normalized spacial score (nSPS) is 10.2. The van der Waals surface area contributed by atoms with Gasteiger partial charge in [-0.05, 0) is 44.4 Å². The van der Waals surface area contributed by atoms with Gasteiger partial charge in [0.2, 0.25) is 0 Å². The molecule has 0 spiro atoms. The van der Waals surface area contributed by atoms with Crippen molar-refractivity contribution in [2.24, 2.45) is 5.73 Å². The van der Waals surface area contributed by atoms with Crippen molar-refractivity contribution >= 4 is 0 Å². The predicted octanol–water partition coefficient (Wildman–Crippen LogP) is 1.59. The zero-order valence-electron chi connectivity index (χ0n) is 7.80. The van der Waals surface area contributed by atoms with E-state index in [2.05, 4.69) is 24.9 Å². The SMILES string of the molecule is Cc1cnc(CCCN)c(C)c1. The molecular weight excluding hydrogens is 148 g/mol. The first-order chi connectivity index (χ1) is 5.74. The summed E-state index contributed by atoms with van der Waals surface area (Å²) < 4.78 is 0. The average Bonchev–Trinajstić information content (AvgIpc) is 2.03. The highest BCUT2D eigenvalue weighted by Crippen LogP contribution is 2.08. The second kappa shape index (κ2) is 4.21. The Morgan fingerprint density at radius 1 is 1.42 bits per heavy atom. The molecule has 66 valence electrons. The van der Waals surface area contributed by atoms with E-state index in [0.29, 0.717) is 0 Å². The topological polar surface area (TPSA) is 38.9 Å². The van der Waals surface area contributed by atoms with Crippen molar-refractivity contribution in [3.05, 3.63) is 29.1 Å². The molecule has 0 unspecified atom stereocenters. The van der Waals surface area contributed by atoms with Crippen LogP contribution >= 0.6 is 0 Å². The molecule has 1 rings (SSSR count). The van der Waals surface area contributed by atoms with E-state index in [-0.39, 0.29) is 0 Å². The summed E-state index contributed by atoms with van der Waals surface area (Å²) >= 11 is 0. The molecule has 0 bridgehead atoms. The van der Waals surface area contributed by atoms with E-state index in [1.54, 1.807) is 0 Å². The van der Waals surface area contributed by atoms with E-state index >= 15 is 0 Å². The minimum atomic E-state index is 0.745. The van der Waals surface area contributed by atoms with Crippen molar-refractivity contribution in [2.45, 2.75) is 26.7 Å². The minimum absolute atomic E-state index is 0.745. The smallest absolute Gasteiger partial charge is 0.0433 e. The number of hydrogen-bond donors (Lipinski definition) is 1. The summed E-state index contributed by atoms with van der Waals surface area (Å²) in [6.07, 6.45) is 3.94. The molecule has 0 aromatic carbocycles. The maximum atomic E-state index is 5.43. The molecule has 0 aliphatic heterocycles. The highest BCUT2D eigenvalue weighted by molar-refractivity contribution is 5.23. The third kappa shape index (κ3) is 2.31. The van der Waals surface area contributed by atoms with Gasteiger partial charge in [-0.3, -0.25) is 4.98 Å². The van der Waals surface area contributed by atoms with Crippen LogP contribution in [0.15, 0.2) is 12.3 Å². The molecule has 0 atom stereocenters. The van der Waals surface area contributed by atoms with Crippen molar-refractivity contribution in [1.82, 2.24) is 4.98 Å². The monoisotopic (exact) mass is 164 g/mol. The van der Waals surface area contributed by atoms with Gasteiger partial charge in [0.1, 0.15) is 0 Å². The molecule has 12 heavy (non-hydrogen) atoms. The lowest BCUT2D eigenvalue weighted by molar-refractivity contribution is 0.803. The molecule has 1 aromatic rings. The lowest BCUT2D eigenvalue weighted by atomic mass is 10.1. The number of aryl methyl sites for hydroxylation is 3. The van der Waals surface area contributed by atoms with Crippen LogP contribution in [0.1, 0.15) is 23.2 Å². The molecule has 1 heterocycles. The Morgan fingerprint density at radius 3 is 2.75 bits per heavy atom. The Balaban J connectivity index is 2.72. The molecule has 0 saturated heterocycles. The Kier molecular flexibility index (Phi) is 3.23. The van der Waals surface area contributed by atoms with Gasteiger partial charge in [0.05, 0.1) is 0 Å². The van der Waals surface area contributed by atoms with Gasteiger partial charge in [-0.1, -0.05) is 6.07 Å². The van der Waals surface area contributed by atoms with Crippen molar-refractivity contribution in [3.8, 4) is 0 Å². The first-order valence-corrected chi connectivity index (χ1v) is 4.36. The average molecular weight is 164 g/mol. The van der Waals surface area contributed by atoms with Gasteiger partial charge < -0.3 is 5.73 Å². The van der Waals surface area contributed by atoms with Crippen molar-refractivity contribution < 1.29 is 0 Å². The van der Waals surface area contributed by atoms with Gasteiger partial charge in [-0.25, -0.2) is 0 Å². The van der Waals surface area contributed by atoms with Crippen LogP contribution < -0.4 is 5.73 Å². The fourth-order valence-electron chi connectivity index (χ4n) is 1.27. The number of aromatic nitrogens is 1. The van der Waals surface area contributed by atoms with E-state index in [0.717, 1.165) is 19.4 Å². The zero-order valence-corrected chi connectivity index (χ0v) is 7.80. The van der Waals surface area contributed by atoms with Crippen LogP contribution in [0.25, 0.3) is 0 Å². The summed E-state index contributed by atoms with van der Waals surface area (Å²) in [5.74, 6) is 0. The van der Waals surface area contributed by atoms with E-state index in [1.807, 2.05) is 6.20 Å². The second-order valence-electron chi connectivity index (χ2n) is 3.17. The maximum absolute atomic E-state index is 5.43. The van der Waals surface area contributed by atoms with Gasteiger partial charge in [-0.15, -0.1) is 0 Å². The van der Waals surface area contributed by atoms with Gasteiger partial charge in [0.15, 0.2) is 0 Å². The Bertz CT molecular complexity index is 256. The van der Waals surface area contributed by atoms with Gasteiger partial charge in [-0.2, -0.15) is 0 Å². The van der Waals surface area contributed by atoms with Crippen molar-refractivity contribution in [2.75, 3.05) is 6.54 Å². The fraction of sp³-hybridized carbons (Fsp3) is 0.500. The van der Waals surface area contributed by atoms with Crippen LogP contribution in [-0.2, 0) is 6.42 Å². The summed E-state index contributed by atoms with van der Waals surface area (Å²) in [5.41, 5.74) is 9.12. The first kappa shape index (κ1) is 9.20. The molecule has 0 aliphatic carbocycles. The maximum Gasteiger partial charge on any atom is 0.0433 e. The summed E-state index contributed by atoms with van der Waals surface area (Å²) in [7, 11) is 0. The molecule has 0 saturated carbocycles. The van der Waals surface area contributed by atoms with Crippen LogP contribution in [0.5, 0.6) is 0 Å². The van der Waals surface area contributed by atoms with Gasteiger partial charge in [0, 0.05) is 11.9 Å². The molecule has 1 aromatic heterocycles. The van der Waals surface area contributed by atoms with Crippen LogP contribution in [0, 0.1) is 13.8 Å². The molecule has 0 amide bonds. The van der Waals surface area contributed by atoms with Crippen LogP contribution in [0.2, 0.25) is 0 Å². The lowest BCUT2D eigenvalue weighted by Crippen LogP contribution is -2.03. The van der Waals surface area contributed by atoms with Crippen molar-refractivity contribution in [1.29, 1.82) is 0 Å². The van der Waals surface area contributed by atoms with Crippen LogP contribution in [-0.4, -0.2) is 11.5 Å². The molecule has 0 radical (unpaired) electrons. The summed E-state index contributed by atoms with van der Waals surface area (Å²) in [6.45, 7) is 4.91.